The number of nitrogens with zero attached hydrogens (tertiary/aromatic N) is 3. The normalized spacial score (nSPS) is 23.7. The molecule has 0 aliphatic heterocycles. The number of rotatable bonds is 7. The van der Waals surface area contributed by atoms with Crippen LogP contribution < -0.4 is 5.32 Å². The fourth-order valence-corrected chi connectivity index (χ4v) is 3.36. The molecule has 2 atom stereocenters. The molecule has 1 aliphatic carbocycles. The Kier molecular flexibility index (Phi) is 6.11. The lowest BCUT2D eigenvalue weighted by Gasteiger charge is -2.30. The molecule has 0 amide bonds. The van der Waals surface area contributed by atoms with Gasteiger partial charge in [-0.15, -0.1) is 11.6 Å². The molecule has 2 unspecified atom stereocenters. The Bertz CT molecular complexity index is 366. The van der Waals surface area contributed by atoms with Gasteiger partial charge in [-0.3, -0.25) is 0 Å². The third-order valence-corrected chi connectivity index (χ3v) is 4.48. The molecule has 0 aromatic carbocycles. The molecule has 2 rings (SSSR count). The maximum atomic E-state index is 6.07. The van der Waals surface area contributed by atoms with Crippen LogP contribution in [0.2, 0.25) is 0 Å². The number of hydrogen-bond acceptors (Lipinski definition) is 3. The Morgan fingerprint density at radius 1 is 1.37 bits per heavy atom. The summed E-state index contributed by atoms with van der Waals surface area (Å²) in [7, 11) is 0. The molecule has 1 aromatic rings. The SMILES string of the molecule is CCCn1ncnc1CNCC1CCCCC1CCl. The first-order valence-electron chi connectivity index (χ1n) is 7.48. The molecule has 1 aromatic heterocycles. The van der Waals surface area contributed by atoms with Crippen LogP contribution in [0, 0.1) is 11.8 Å². The van der Waals surface area contributed by atoms with E-state index >= 15 is 0 Å². The maximum Gasteiger partial charge on any atom is 0.140 e. The molecule has 0 radical (unpaired) electrons. The fraction of sp³-hybridized carbons (Fsp3) is 0.857. The van der Waals surface area contributed by atoms with Crippen molar-refractivity contribution in [2.75, 3.05) is 12.4 Å². The van der Waals surface area contributed by atoms with Crippen LogP contribution in [0.1, 0.15) is 44.9 Å². The van der Waals surface area contributed by atoms with Crippen molar-refractivity contribution in [2.45, 2.75) is 52.1 Å². The minimum atomic E-state index is 0.691. The maximum absolute atomic E-state index is 6.07. The molecule has 1 fully saturated rings. The van der Waals surface area contributed by atoms with Gasteiger partial charge in [0.05, 0.1) is 6.54 Å². The summed E-state index contributed by atoms with van der Waals surface area (Å²) in [5, 5.41) is 7.79. The number of hydrogen-bond donors (Lipinski definition) is 1. The van der Waals surface area contributed by atoms with Crippen molar-refractivity contribution < 1.29 is 0 Å². The van der Waals surface area contributed by atoms with E-state index in [1.54, 1.807) is 6.33 Å². The van der Waals surface area contributed by atoms with Crippen LogP contribution in [0.4, 0.5) is 0 Å². The summed E-state index contributed by atoms with van der Waals surface area (Å²) in [5.41, 5.74) is 0. The van der Waals surface area contributed by atoms with Gasteiger partial charge in [0, 0.05) is 12.4 Å². The molecule has 108 valence electrons. The second kappa shape index (κ2) is 7.85. The molecule has 0 spiro atoms. The van der Waals surface area contributed by atoms with Crippen LogP contribution in [0.5, 0.6) is 0 Å². The zero-order valence-corrected chi connectivity index (χ0v) is 12.6. The first kappa shape index (κ1) is 14.8. The van der Waals surface area contributed by atoms with Gasteiger partial charge < -0.3 is 5.32 Å². The summed E-state index contributed by atoms with van der Waals surface area (Å²) in [6.07, 6.45) is 8.04. The van der Waals surface area contributed by atoms with E-state index in [2.05, 4.69) is 22.3 Å². The molecule has 4 nitrogen and oxygen atoms in total. The molecule has 1 heterocycles. The molecule has 5 heteroatoms. The van der Waals surface area contributed by atoms with Crippen molar-refractivity contribution in [3.63, 3.8) is 0 Å². The molecular formula is C14H25ClN4. The van der Waals surface area contributed by atoms with Gasteiger partial charge in [-0.1, -0.05) is 19.8 Å². The summed E-state index contributed by atoms with van der Waals surface area (Å²) in [4.78, 5) is 4.32. The van der Waals surface area contributed by atoms with E-state index in [1.165, 1.54) is 25.7 Å². The second-order valence-electron chi connectivity index (χ2n) is 5.49. The Hall–Kier alpha value is -0.610. The number of alkyl halides is 1. The lowest BCUT2D eigenvalue weighted by Crippen LogP contribution is -2.31. The molecule has 0 saturated heterocycles. The summed E-state index contributed by atoms with van der Waals surface area (Å²) < 4.78 is 1.99. The van der Waals surface area contributed by atoms with Crippen molar-refractivity contribution in [1.29, 1.82) is 0 Å². The Labute approximate surface area is 120 Å². The van der Waals surface area contributed by atoms with E-state index in [4.69, 9.17) is 11.6 Å². The van der Waals surface area contributed by atoms with Gasteiger partial charge in [-0.2, -0.15) is 5.10 Å². The smallest absolute Gasteiger partial charge is 0.140 e. The molecule has 0 bridgehead atoms. The zero-order chi connectivity index (χ0) is 13.5. The van der Waals surface area contributed by atoms with Gasteiger partial charge in [-0.25, -0.2) is 9.67 Å². The van der Waals surface area contributed by atoms with Gasteiger partial charge >= 0.3 is 0 Å². The van der Waals surface area contributed by atoms with Gasteiger partial charge in [0.15, 0.2) is 0 Å². The number of halogens is 1. The molecule has 1 N–H and O–H groups in total. The van der Waals surface area contributed by atoms with E-state index in [0.29, 0.717) is 5.92 Å². The van der Waals surface area contributed by atoms with Crippen molar-refractivity contribution in [3.8, 4) is 0 Å². The Morgan fingerprint density at radius 3 is 2.89 bits per heavy atom. The van der Waals surface area contributed by atoms with Crippen LogP contribution in [0.15, 0.2) is 6.33 Å². The topological polar surface area (TPSA) is 42.7 Å². The Morgan fingerprint density at radius 2 is 2.16 bits per heavy atom. The van der Waals surface area contributed by atoms with Gasteiger partial charge in [0.1, 0.15) is 12.2 Å². The minimum absolute atomic E-state index is 0.691. The first-order valence-corrected chi connectivity index (χ1v) is 8.02. The van der Waals surface area contributed by atoms with Crippen molar-refractivity contribution in [2.24, 2.45) is 11.8 Å². The average Bonchev–Trinajstić information content (AvgIpc) is 2.87. The van der Waals surface area contributed by atoms with Crippen molar-refractivity contribution in [3.05, 3.63) is 12.2 Å². The van der Waals surface area contributed by atoms with E-state index in [1.807, 2.05) is 4.68 Å². The highest BCUT2D eigenvalue weighted by molar-refractivity contribution is 6.18. The molecule has 1 aliphatic rings. The minimum Gasteiger partial charge on any atom is -0.310 e. The van der Waals surface area contributed by atoms with Crippen LogP contribution in [-0.2, 0) is 13.1 Å². The third kappa shape index (κ3) is 4.18. The molecular weight excluding hydrogens is 260 g/mol. The zero-order valence-electron chi connectivity index (χ0n) is 11.8. The van der Waals surface area contributed by atoms with E-state index in [9.17, 15) is 0 Å². The highest BCUT2D eigenvalue weighted by Gasteiger charge is 2.23. The van der Waals surface area contributed by atoms with Crippen molar-refractivity contribution in [1.82, 2.24) is 20.1 Å². The standard InChI is InChI=1S/C14H25ClN4/c1-2-7-19-14(17-11-18-19)10-16-9-13-6-4-3-5-12(13)8-15/h11-13,16H,2-10H2,1H3. The lowest BCUT2D eigenvalue weighted by molar-refractivity contribution is 0.249. The van der Waals surface area contributed by atoms with Gasteiger partial charge in [0.2, 0.25) is 0 Å². The predicted octanol–water partition coefficient (Wildman–Crippen LogP) is 2.82. The third-order valence-electron chi connectivity index (χ3n) is 4.09. The quantitative estimate of drug-likeness (QED) is 0.783. The van der Waals surface area contributed by atoms with Crippen LogP contribution >= 0.6 is 11.6 Å². The average molecular weight is 285 g/mol. The monoisotopic (exact) mass is 284 g/mol. The van der Waals surface area contributed by atoms with Crippen LogP contribution in [0.25, 0.3) is 0 Å². The van der Waals surface area contributed by atoms with Crippen LogP contribution in [0.3, 0.4) is 0 Å². The fourth-order valence-electron chi connectivity index (χ4n) is 2.95. The summed E-state index contributed by atoms with van der Waals surface area (Å²) in [6.45, 7) is 4.97. The molecule has 19 heavy (non-hydrogen) atoms. The number of aryl methyl sites for hydroxylation is 1. The van der Waals surface area contributed by atoms with Crippen LogP contribution in [-0.4, -0.2) is 27.2 Å². The summed E-state index contributed by atoms with van der Waals surface area (Å²) >= 11 is 6.07. The number of aromatic nitrogens is 3. The highest BCUT2D eigenvalue weighted by atomic mass is 35.5. The number of nitrogens with one attached hydrogen (secondary N) is 1. The summed E-state index contributed by atoms with van der Waals surface area (Å²) in [5.74, 6) is 3.27. The van der Waals surface area contributed by atoms with Gasteiger partial charge in [-0.05, 0) is 37.6 Å². The molecule has 1 saturated carbocycles. The van der Waals surface area contributed by atoms with E-state index in [0.717, 1.165) is 43.7 Å². The largest absolute Gasteiger partial charge is 0.310 e. The second-order valence-corrected chi connectivity index (χ2v) is 5.80. The Balaban J connectivity index is 1.77. The first-order chi connectivity index (χ1) is 9.35. The summed E-state index contributed by atoms with van der Waals surface area (Å²) in [6, 6.07) is 0. The lowest BCUT2D eigenvalue weighted by atomic mass is 9.80. The van der Waals surface area contributed by atoms with Crippen molar-refractivity contribution >= 4 is 11.6 Å². The van der Waals surface area contributed by atoms with Gasteiger partial charge in [0.25, 0.3) is 0 Å². The highest BCUT2D eigenvalue weighted by Crippen LogP contribution is 2.30. The van der Waals surface area contributed by atoms with E-state index < -0.39 is 0 Å². The van der Waals surface area contributed by atoms with E-state index in [-0.39, 0.29) is 0 Å². The predicted molar refractivity (Wildman–Crippen MR) is 78.2 cm³/mol.